The summed E-state index contributed by atoms with van der Waals surface area (Å²) in [7, 11) is -4.05. The standard InChI is InChI=1S/C39H52N6O6S/c1-4-28(2)37(45-21-20-43(39(45)48)26-33-24-40-19-18-29(33)3)38(47)42-35(22-30-10-6-5-7-11-30)36(46)27-44(25-32-12-8-9-13-32)52(50,51)34-16-14-31(15-17-34)23-41-49/h5-7,10-11,14-19,23-24,28,32,35-37,46,49H,4,8-9,12-13,20-22,25-27H2,1-3H3,(H,42,47)/t28-,35-,36-,37-/m0/s1. The number of carbonyl (C=O) groups is 2. The van der Waals surface area contributed by atoms with Crippen LogP contribution >= 0.6 is 0 Å². The maximum atomic E-state index is 14.4. The van der Waals surface area contributed by atoms with Crippen LogP contribution in [0.2, 0.25) is 0 Å². The van der Waals surface area contributed by atoms with Gasteiger partial charge in [0.05, 0.1) is 23.3 Å². The van der Waals surface area contributed by atoms with Gasteiger partial charge in [0, 0.05) is 45.1 Å². The molecule has 0 unspecified atom stereocenters. The van der Waals surface area contributed by atoms with Crippen LogP contribution in [0.4, 0.5) is 4.79 Å². The zero-order chi connectivity index (χ0) is 37.3. The second kappa shape index (κ2) is 17.9. The van der Waals surface area contributed by atoms with E-state index in [-0.39, 0.29) is 48.2 Å². The Balaban J connectivity index is 1.40. The molecule has 52 heavy (non-hydrogen) atoms. The van der Waals surface area contributed by atoms with Crippen molar-refractivity contribution in [2.75, 3.05) is 26.2 Å². The first-order valence-electron chi connectivity index (χ1n) is 18.3. The zero-order valence-corrected chi connectivity index (χ0v) is 31.2. The van der Waals surface area contributed by atoms with Crippen molar-refractivity contribution in [3.8, 4) is 0 Å². The van der Waals surface area contributed by atoms with Crippen molar-refractivity contribution in [1.82, 2.24) is 24.4 Å². The number of pyridine rings is 1. The molecule has 1 saturated carbocycles. The third-order valence-electron chi connectivity index (χ3n) is 10.6. The Labute approximate surface area is 307 Å². The highest BCUT2D eigenvalue weighted by Crippen LogP contribution is 2.29. The molecule has 280 valence electrons. The minimum Gasteiger partial charge on any atom is -0.411 e. The summed E-state index contributed by atoms with van der Waals surface area (Å²) in [6.07, 6.45) is 8.18. The summed E-state index contributed by atoms with van der Waals surface area (Å²) >= 11 is 0. The number of oxime groups is 1. The van der Waals surface area contributed by atoms with Crippen molar-refractivity contribution in [1.29, 1.82) is 0 Å². The second-order valence-corrected chi connectivity index (χ2v) is 16.1. The molecule has 2 fully saturated rings. The van der Waals surface area contributed by atoms with E-state index in [2.05, 4.69) is 15.5 Å². The molecule has 12 nitrogen and oxygen atoms in total. The van der Waals surface area contributed by atoms with E-state index in [4.69, 9.17) is 5.21 Å². The van der Waals surface area contributed by atoms with Crippen molar-refractivity contribution >= 4 is 28.2 Å². The van der Waals surface area contributed by atoms with Crippen LogP contribution in [0.3, 0.4) is 0 Å². The lowest BCUT2D eigenvalue weighted by atomic mass is 9.95. The predicted octanol–water partition coefficient (Wildman–Crippen LogP) is 4.82. The normalized spacial score (nSPS) is 17.9. The molecule has 5 rings (SSSR count). The van der Waals surface area contributed by atoms with Gasteiger partial charge in [-0.15, -0.1) is 0 Å². The van der Waals surface area contributed by atoms with E-state index in [9.17, 15) is 23.1 Å². The highest BCUT2D eigenvalue weighted by Gasteiger charge is 2.41. The number of carbonyl (C=O) groups excluding carboxylic acids is 2. The fourth-order valence-electron chi connectivity index (χ4n) is 7.25. The highest BCUT2D eigenvalue weighted by atomic mass is 32.2. The van der Waals surface area contributed by atoms with Crippen LogP contribution < -0.4 is 5.32 Å². The summed E-state index contributed by atoms with van der Waals surface area (Å²) in [5.41, 5.74) is 3.39. The van der Waals surface area contributed by atoms with Crippen LogP contribution in [0.15, 0.2) is 83.1 Å². The Hall–Kier alpha value is -4.33. The first kappa shape index (κ1) is 38.9. The summed E-state index contributed by atoms with van der Waals surface area (Å²) in [5.74, 6) is -0.413. The molecular formula is C39H52N6O6S. The molecule has 1 saturated heterocycles. The van der Waals surface area contributed by atoms with Crippen molar-refractivity contribution in [2.45, 2.75) is 88.9 Å². The number of aromatic nitrogens is 1. The molecule has 2 aromatic carbocycles. The average Bonchev–Trinajstić information content (AvgIpc) is 3.79. The molecular weight excluding hydrogens is 681 g/mol. The van der Waals surface area contributed by atoms with E-state index < -0.39 is 28.2 Å². The highest BCUT2D eigenvalue weighted by molar-refractivity contribution is 7.89. The Morgan fingerprint density at radius 2 is 1.81 bits per heavy atom. The topological polar surface area (TPSA) is 156 Å². The number of aryl methyl sites for hydroxylation is 1. The van der Waals surface area contributed by atoms with Crippen LogP contribution in [0, 0.1) is 18.8 Å². The van der Waals surface area contributed by atoms with Gasteiger partial charge in [-0.3, -0.25) is 9.78 Å². The van der Waals surface area contributed by atoms with Crippen LogP contribution in [0.25, 0.3) is 0 Å². The minimum atomic E-state index is -4.05. The molecule has 1 aliphatic carbocycles. The predicted molar refractivity (Wildman–Crippen MR) is 199 cm³/mol. The maximum absolute atomic E-state index is 14.4. The number of rotatable bonds is 17. The number of nitrogens with one attached hydrogen (secondary N) is 1. The van der Waals surface area contributed by atoms with E-state index in [1.807, 2.05) is 57.2 Å². The second-order valence-electron chi connectivity index (χ2n) is 14.2. The molecule has 2 aliphatic rings. The van der Waals surface area contributed by atoms with Crippen molar-refractivity contribution in [3.05, 3.63) is 95.3 Å². The van der Waals surface area contributed by atoms with Crippen molar-refractivity contribution < 1.29 is 28.3 Å². The molecule has 3 amide bonds. The van der Waals surface area contributed by atoms with E-state index in [0.717, 1.165) is 42.4 Å². The van der Waals surface area contributed by atoms with Crippen LogP contribution in [-0.4, -0.2) is 100 Å². The Kier molecular flexibility index (Phi) is 13.4. The molecule has 2 heterocycles. The quantitative estimate of drug-likeness (QED) is 0.102. The van der Waals surface area contributed by atoms with Gasteiger partial charge in [0.15, 0.2) is 0 Å². The fraction of sp³-hybridized carbons (Fsp3) is 0.487. The summed E-state index contributed by atoms with van der Waals surface area (Å²) in [6.45, 7) is 7.15. The summed E-state index contributed by atoms with van der Waals surface area (Å²) in [4.78, 5) is 35.8. The van der Waals surface area contributed by atoms with Gasteiger partial charge in [-0.2, -0.15) is 4.31 Å². The number of hydrogen-bond acceptors (Lipinski definition) is 8. The smallest absolute Gasteiger partial charge is 0.321 e. The van der Waals surface area contributed by atoms with Gasteiger partial charge in [0.1, 0.15) is 6.04 Å². The Morgan fingerprint density at radius 3 is 2.46 bits per heavy atom. The SMILES string of the molecule is CC[C@H](C)[C@@H](C(=O)N[C@@H](Cc1ccccc1)[C@@H](O)CN(CC1CCCC1)S(=O)(=O)c1ccc(C=NO)cc1)N1CCN(Cc2cnccc2C)C1=O. The van der Waals surface area contributed by atoms with E-state index in [1.165, 1.54) is 22.7 Å². The van der Waals surface area contributed by atoms with Crippen molar-refractivity contribution in [3.63, 3.8) is 0 Å². The summed E-state index contributed by atoms with van der Waals surface area (Å²) < 4.78 is 29.6. The van der Waals surface area contributed by atoms with Gasteiger partial charge in [-0.05, 0) is 78.5 Å². The fourth-order valence-corrected chi connectivity index (χ4v) is 8.79. The first-order valence-corrected chi connectivity index (χ1v) is 19.7. The van der Waals surface area contributed by atoms with Gasteiger partial charge in [0.25, 0.3) is 0 Å². The molecule has 0 spiro atoms. The number of aliphatic hydroxyl groups excluding tert-OH is 1. The number of aliphatic hydroxyl groups is 1. The average molecular weight is 733 g/mol. The van der Waals surface area contributed by atoms with E-state index in [1.54, 1.807) is 34.3 Å². The molecule has 3 N–H and O–H groups in total. The lowest BCUT2D eigenvalue weighted by Crippen LogP contribution is -2.57. The zero-order valence-electron chi connectivity index (χ0n) is 30.3. The monoisotopic (exact) mass is 732 g/mol. The Morgan fingerprint density at radius 1 is 1.10 bits per heavy atom. The first-order chi connectivity index (χ1) is 25.0. The number of urea groups is 1. The summed E-state index contributed by atoms with van der Waals surface area (Å²) in [6, 6.07) is 15.6. The Bertz CT molecular complexity index is 1770. The van der Waals surface area contributed by atoms with Crippen molar-refractivity contribution in [2.24, 2.45) is 17.0 Å². The third-order valence-corrected chi connectivity index (χ3v) is 12.4. The lowest BCUT2D eigenvalue weighted by molar-refractivity contribution is -0.128. The van der Waals surface area contributed by atoms with Gasteiger partial charge in [-0.25, -0.2) is 13.2 Å². The van der Waals surface area contributed by atoms with Gasteiger partial charge >= 0.3 is 6.03 Å². The molecule has 0 radical (unpaired) electrons. The van der Waals surface area contributed by atoms with Gasteiger partial charge in [-0.1, -0.05) is 80.7 Å². The number of sulfonamides is 1. The summed E-state index contributed by atoms with van der Waals surface area (Å²) in [5, 5.41) is 27.0. The third kappa shape index (κ3) is 9.55. The number of nitrogens with zero attached hydrogens (tertiary/aromatic N) is 5. The minimum absolute atomic E-state index is 0.0619. The maximum Gasteiger partial charge on any atom is 0.321 e. The molecule has 1 aromatic heterocycles. The molecule has 0 bridgehead atoms. The van der Waals surface area contributed by atoms with E-state index in [0.29, 0.717) is 31.6 Å². The van der Waals surface area contributed by atoms with Gasteiger partial charge < -0.3 is 25.4 Å². The molecule has 1 aliphatic heterocycles. The van der Waals surface area contributed by atoms with Crippen LogP contribution in [-0.2, 0) is 27.8 Å². The van der Waals surface area contributed by atoms with Crippen LogP contribution in [0.1, 0.15) is 68.2 Å². The van der Waals surface area contributed by atoms with Gasteiger partial charge in [0.2, 0.25) is 15.9 Å². The largest absolute Gasteiger partial charge is 0.411 e. The number of benzene rings is 2. The molecule has 4 atom stereocenters. The van der Waals surface area contributed by atoms with E-state index >= 15 is 0 Å². The lowest BCUT2D eigenvalue weighted by Gasteiger charge is -2.35. The molecule has 13 heteroatoms. The number of hydrogen-bond donors (Lipinski definition) is 3. The molecule has 3 aromatic rings. The number of amides is 3. The van der Waals surface area contributed by atoms with Crippen LogP contribution in [0.5, 0.6) is 0 Å².